The van der Waals surface area contributed by atoms with Crippen LogP contribution in [0.25, 0.3) is 0 Å². The smallest absolute Gasteiger partial charge is 0.163 e. The van der Waals surface area contributed by atoms with E-state index in [1.54, 1.807) is 0 Å². The van der Waals surface area contributed by atoms with E-state index in [2.05, 4.69) is 20.4 Å². The molecule has 1 rings (SSSR count). The van der Waals surface area contributed by atoms with Crippen LogP contribution >= 0.6 is 0 Å². The standard InChI is InChI=1S/C12H18O/c1-8(2)11-9(3)6-12(4,5)7-10(11)13/h3,6-7H2,1-2,4-5H3. The molecule has 1 saturated carbocycles. The highest BCUT2D eigenvalue weighted by Crippen LogP contribution is 2.39. The zero-order valence-electron chi connectivity index (χ0n) is 9.03. The van der Waals surface area contributed by atoms with E-state index in [9.17, 15) is 4.79 Å². The molecule has 0 aromatic rings. The second-order valence-corrected chi connectivity index (χ2v) is 4.92. The lowest BCUT2D eigenvalue weighted by atomic mass is 9.72. The summed E-state index contributed by atoms with van der Waals surface area (Å²) in [5.74, 6) is 0.265. The predicted octanol–water partition coefficient (Wildman–Crippen LogP) is 3.27. The molecule has 0 aromatic heterocycles. The quantitative estimate of drug-likeness (QED) is 0.520. The molecule has 0 radical (unpaired) electrons. The van der Waals surface area contributed by atoms with Gasteiger partial charge in [-0.2, -0.15) is 0 Å². The van der Waals surface area contributed by atoms with Gasteiger partial charge in [-0.3, -0.25) is 4.79 Å². The number of carbonyl (C=O) groups is 1. The Morgan fingerprint density at radius 1 is 1.31 bits per heavy atom. The minimum absolute atomic E-state index is 0.104. The molecular weight excluding hydrogens is 160 g/mol. The average Bonchev–Trinajstić information content (AvgIpc) is 1.78. The van der Waals surface area contributed by atoms with Crippen LogP contribution in [-0.2, 0) is 4.79 Å². The summed E-state index contributed by atoms with van der Waals surface area (Å²) >= 11 is 0. The number of ketones is 1. The maximum Gasteiger partial charge on any atom is 0.163 e. The number of Topliss-reactive ketones (excluding diaryl/α,β-unsaturated/α-hetero) is 1. The molecule has 0 aliphatic heterocycles. The fourth-order valence-corrected chi connectivity index (χ4v) is 2.08. The van der Waals surface area contributed by atoms with Gasteiger partial charge in [-0.1, -0.05) is 26.0 Å². The van der Waals surface area contributed by atoms with Gasteiger partial charge in [0.05, 0.1) is 0 Å². The fraction of sp³-hybridized carbons (Fsp3) is 0.583. The van der Waals surface area contributed by atoms with Gasteiger partial charge >= 0.3 is 0 Å². The Morgan fingerprint density at radius 3 is 2.23 bits per heavy atom. The van der Waals surface area contributed by atoms with Crippen LogP contribution in [0, 0.1) is 5.41 Å². The first-order chi connectivity index (χ1) is 5.83. The summed E-state index contributed by atoms with van der Waals surface area (Å²) < 4.78 is 0. The van der Waals surface area contributed by atoms with E-state index in [1.807, 2.05) is 13.8 Å². The summed E-state index contributed by atoms with van der Waals surface area (Å²) in [6, 6.07) is 0. The van der Waals surface area contributed by atoms with Gasteiger partial charge in [0, 0.05) is 12.0 Å². The lowest BCUT2D eigenvalue weighted by molar-refractivity contribution is -0.118. The Bertz CT molecular complexity index is 266. The molecule has 13 heavy (non-hydrogen) atoms. The first-order valence-electron chi connectivity index (χ1n) is 4.72. The largest absolute Gasteiger partial charge is 0.294 e. The number of carbonyl (C=O) groups excluding carboxylic acids is 1. The van der Waals surface area contributed by atoms with E-state index in [4.69, 9.17) is 0 Å². The summed E-state index contributed by atoms with van der Waals surface area (Å²) in [5.41, 5.74) is 3.11. The van der Waals surface area contributed by atoms with Crippen LogP contribution in [-0.4, -0.2) is 5.78 Å². The summed E-state index contributed by atoms with van der Waals surface area (Å²) in [4.78, 5) is 11.7. The van der Waals surface area contributed by atoms with Crippen molar-refractivity contribution in [1.29, 1.82) is 0 Å². The van der Waals surface area contributed by atoms with Gasteiger partial charge < -0.3 is 0 Å². The van der Waals surface area contributed by atoms with Crippen molar-refractivity contribution in [1.82, 2.24) is 0 Å². The Morgan fingerprint density at radius 2 is 1.85 bits per heavy atom. The van der Waals surface area contributed by atoms with Crippen molar-refractivity contribution in [3.63, 3.8) is 0 Å². The molecule has 1 heteroatoms. The third kappa shape index (κ3) is 2.09. The minimum atomic E-state index is 0.104. The molecule has 0 amide bonds. The second-order valence-electron chi connectivity index (χ2n) is 4.92. The molecule has 0 bridgehead atoms. The Labute approximate surface area is 80.5 Å². The van der Waals surface area contributed by atoms with E-state index in [0.717, 1.165) is 23.1 Å². The molecule has 0 unspecified atom stereocenters. The summed E-state index contributed by atoms with van der Waals surface area (Å²) in [5, 5.41) is 0. The SMILES string of the molecule is C=C1CC(C)(C)CC(=O)C1=C(C)C. The predicted molar refractivity (Wildman–Crippen MR) is 55.5 cm³/mol. The highest BCUT2D eigenvalue weighted by Gasteiger charge is 2.32. The van der Waals surface area contributed by atoms with E-state index in [1.165, 1.54) is 0 Å². The lowest BCUT2D eigenvalue weighted by Gasteiger charge is -2.32. The van der Waals surface area contributed by atoms with Crippen LogP contribution in [0.4, 0.5) is 0 Å². The van der Waals surface area contributed by atoms with Gasteiger partial charge in [0.25, 0.3) is 0 Å². The minimum Gasteiger partial charge on any atom is -0.294 e. The number of hydrogen-bond donors (Lipinski definition) is 0. The van der Waals surface area contributed by atoms with Crippen LogP contribution in [0.2, 0.25) is 0 Å². The van der Waals surface area contributed by atoms with Crippen LogP contribution < -0.4 is 0 Å². The maximum atomic E-state index is 11.7. The molecule has 0 spiro atoms. The van der Waals surface area contributed by atoms with Crippen molar-refractivity contribution in [2.24, 2.45) is 5.41 Å². The number of hydrogen-bond acceptors (Lipinski definition) is 1. The maximum absolute atomic E-state index is 11.7. The molecule has 0 aromatic carbocycles. The van der Waals surface area contributed by atoms with Gasteiger partial charge in [-0.15, -0.1) is 0 Å². The summed E-state index contributed by atoms with van der Waals surface area (Å²) in [6.45, 7) is 12.2. The molecule has 0 heterocycles. The zero-order chi connectivity index (χ0) is 10.2. The van der Waals surface area contributed by atoms with Crippen LogP contribution in [0.5, 0.6) is 0 Å². The molecule has 1 aliphatic carbocycles. The average molecular weight is 178 g/mol. The normalized spacial score (nSPS) is 22.0. The second kappa shape index (κ2) is 3.13. The highest BCUT2D eigenvalue weighted by molar-refractivity contribution is 6.01. The first kappa shape index (κ1) is 10.2. The highest BCUT2D eigenvalue weighted by atomic mass is 16.1. The lowest BCUT2D eigenvalue weighted by Crippen LogP contribution is -2.26. The van der Waals surface area contributed by atoms with Gasteiger partial charge in [-0.25, -0.2) is 0 Å². The third-order valence-corrected chi connectivity index (χ3v) is 2.46. The molecule has 1 aliphatic rings. The van der Waals surface area contributed by atoms with E-state index >= 15 is 0 Å². The molecule has 0 atom stereocenters. The molecule has 72 valence electrons. The summed E-state index contributed by atoms with van der Waals surface area (Å²) in [7, 11) is 0. The van der Waals surface area contributed by atoms with Gasteiger partial charge in [0.2, 0.25) is 0 Å². The Hall–Kier alpha value is -0.850. The molecule has 0 saturated heterocycles. The Kier molecular flexibility index (Phi) is 2.47. The Balaban J connectivity index is 3.04. The van der Waals surface area contributed by atoms with E-state index in [-0.39, 0.29) is 11.2 Å². The van der Waals surface area contributed by atoms with Gasteiger partial charge in [-0.05, 0) is 31.3 Å². The van der Waals surface area contributed by atoms with Crippen molar-refractivity contribution in [3.05, 3.63) is 23.3 Å². The third-order valence-electron chi connectivity index (χ3n) is 2.46. The van der Waals surface area contributed by atoms with Crippen molar-refractivity contribution >= 4 is 5.78 Å². The summed E-state index contributed by atoms with van der Waals surface area (Å²) in [6.07, 6.45) is 1.60. The monoisotopic (exact) mass is 178 g/mol. The number of allylic oxidation sites excluding steroid dienone is 3. The number of rotatable bonds is 0. The topological polar surface area (TPSA) is 17.1 Å². The zero-order valence-corrected chi connectivity index (χ0v) is 9.03. The van der Waals surface area contributed by atoms with Crippen molar-refractivity contribution in [2.75, 3.05) is 0 Å². The molecule has 1 nitrogen and oxygen atoms in total. The van der Waals surface area contributed by atoms with Gasteiger partial charge in [0.15, 0.2) is 5.78 Å². The first-order valence-corrected chi connectivity index (χ1v) is 4.72. The van der Waals surface area contributed by atoms with Gasteiger partial charge in [0.1, 0.15) is 0 Å². The van der Waals surface area contributed by atoms with Crippen molar-refractivity contribution in [3.8, 4) is 0 Å². The van der Waals surface area contributed by atoms with Crippen LogP contribution in [0.3, 0.4) is 0 Å². The van der Waals surface area contributed by atoms with E-state index < -0.39 is 0 Å². The molecule has 0 N–H and O–H groups in total. The van der Waals surface area contributed by atoms with Crippen molar-refractivity contribution < 1.29 is 4.79 Å². The fourth-order valence-electron chi connectivity index (χ4n) is 2.08. The molecule has 1 fully saturated rings. The van der Waals surface area contributed by atoms with E-state index in [0.29, 0.717) is 6.42 Å². The van der Waals surface area contributed by atoms with Crippen LogP contribution in [0.1, 0.15) is 40.5 Å². The van der Waals surface area contributed by atoms with Crippen molar-refractivity contribution in [2.45, 2.75) is 40.5 Å². The molecular formula is C12H18O. The van der Waals surface area contributed by atoms with Crippen LogP contribution in [0.15, 0.2) is 23.3 Å².